The van der Waals surface area contributed by atoms with Gasteiger partial charge in [-0.1, -0.05) is 27.7 Å². The van der Waals surface area contributed by atoms with E-state index in [2.05, 4.69) is 38.4 Å². The molecular weight excluding hydrogens is 154 g/mol. The first-order valence-electron chi connectivity index (χ1n) is 4.11. The molecule has 0 bridgehead atoms. The molecule has 1 fully saturated rings. The van der Waals surface area contributed by atoms with Gasteiger partial charge in [0.1, 0.15) is 0 Å². The van der Waals surface area contributed by atoms with Gasteiger partial charge < -0.3 is 5.32 Å². The third-order valence-electron chi connectivity index (χ3n) is 3.43. The lowest BCUT2D eigenvalue weighted by Crippen LogP contribution is -2.42. The van der Waals surface area contributed by atoms with Gasteiger partial charge in [-0.15, -0.1) is 0 Å². The van der Waals surface area contributed by atoms with Crippen LogP contribution in [0.4, 0.5) is 4.79 Å². The van der Waals surface area contributed by atoms with Gasteiger partial charge in [0, 0.05) is 6.04 Å². The smallest absolute Gasteiger partial charge is 0.329 e. The van der Waals surface area contributed by atoms with Crippen molar-refractivity contribution in [2.24, 2.45) is 16.7 Å². The Hall–Kier alpha value is -0.770. The van der Waals surface area contributed by atoms with Crippen LogP contribution in [0.5, 0.6) is 0 Å². The summed E-state index contributed by atoms with van der Waals surface area (Å²) in [6, 6.07) is -0.0906. The Kier molecular flexibility index (Phi) is 1.83. The van der Waals surface area contributed by atoms with Crippen LogP contribution in [0, 0.1) is 10.8 Å². The van der Waals surface area contributed by atoms with E-state index in [1.54, 1.807) is 0 Å². The van der Waals surface area contributed by atoms with Gasteiger partial charge in [0.2, 0.25) is 0 Å². The van der Waals surface area contributed by atoms with Crippen molar-refractivity contribution < 1.29 is 4.79 Å². The number of carbonyl (C=O) groups excluding carboxylic acids is 1. The number of nitrogens with two attached hydrogens (primary N) is 1. The Morgan fingerprint density at radius 1 is 1.25 bits per heavy atom. The van der Waals surface area contributed by atoms with E-state index >= 15 is 0 Å². The summed E-state index contributed by atoms with van der Waals surface area (Å²) in [5.41, 5.74) is 2.39. The Labute approximate surface area is 72.9 Å². The van der Waals surface area contributed by atoms with Crippen molar-refractivity contribution in [3.05, 3.63) is 0 Å². The maximum Gasteiger partial charge on any atom is 0.329 e. The number of amides is 2. The van der Waals surface area contributed by atoms with Crippen LogP contribution in [-0.2, 0) is 0 Å². The molecule has 0 spiro atoms. The highest BCUT2D eigenvalue weighted by atomic mass is 16.2. The summed E-state index contributed by atoms with van der Waals surface area (Å²) in [7, 11) is 0. The largest absolute Gasteiger partial charge is 0.333 e. The number of rotatable bonds is 1. The molecule has 0 aromatic carbocycles. The lowest BCUT2D eigenvalue weighted by atomic mass is 10.0. The van der Waals surface area contributed by atoms with Crippen molar-refractivity contribution in [1.82, 2.24) is 10.7 Å². The summed E-state index contributed by atoms with van der Waals surface area (Å²) in [4.78, 5) is 10.9. The number of urea groups is 1. The van der Waals surface area contributed by atoms with Crippen LogP contribution in [0.3, 0.4) is 0 Å². The molecule has 4 N–H and O–H groups in total. The molecule has 4 heteroatoms. The summed E-state index contributed by atoms with van der Waals surface area (Å²) < 4.78 is 0. The zero-order valence-electron chi connectivity index (χ0n) is 8.06. The van der Waals surface area contributed by atoms with E-state index in [0.29, 0.717) is 0 Å². The summed E-state index contributed by atoms with van der Waals surface area (Å²) in [6.07, 6.45) is 0. The van der Waals surface area contributed by atoms with Crippen molar-refractivity contribution in [2.45, 2.75) is 33.7 Å². The fraction of sp³-hybridized carbons (Fsp3) is 0.875. The minimum Gasteiger partial charge on any atom is -0.333 e. The minimum absolute atomic E-state index is 0.166. The monoisotopic (exact) mass is 171 g/mol. The number of hydrazine groups is 1. The van der Waals surface area contributed by atoms with Gasteiger partial charge in [0.05, 0.1) is 0 Å². The summed E-state index contributed by atoms with van der Waals surface area (Å²) in [5.74, 6) is 4.96. The normalized spacial score (nSPS) is 24.8. The molecule has 1 aliphatic carbocycles. The van der Waals surface area contributed by atoms with Crippen molar-refractivity contribution in [3.8, 4) is 0 Å². The van der Waals surface area contributed by atoms with Crippen molar-refractivity contribution in [2.75, 3.05) is 0 Å². The van der Waals surface area contributed by atoms with Crippen LogP contribution in [-0.4, -0.2) is 12.1 Å². The van der Waals surface area contributed by atoms with Gasteiger partial charge in [-0.2, -0.15) is 0 Å². The van der Waals surface area contributed by atoms with E-state index in [-0.39, 0.29) is 22.9 Å². The summed E-state index contributed by atoms with van der Waals surface area (Å²) in [6.45, 7) is 8.53. The molecule has 0 heterocycles. The Morgan fingerprint density at radius 2 is 1.67 bits per heavy atom. The molecule has 0 radical (unpaired) electrons. The highest BCUT2D eigenvalue weighted by molar-refractivity contribution is 5.74. The summed E-state index contributed by atoms with van der Waals surface area (Å²) in [5, 5.41) is 2.81. The first-order valence-corrected chi connectivity index (χ1v) is 4.11. The predicted octanol–water partition coefficient (Wildman–Crippen LogP) is 0.594. The number of carbonyl (C=O) groups is 1. The lowest BCUT2D eigenvalue weighted by molar-refractivity contribution is 0.239. The molecule has 0 atom stereocenters. The maximum absolute atomic E-state index is 10.9. The molecule has 1 aliphatic rings. The first-order chi connectivity index (χ1) is 5.34. The topological polar surface area (TPSA) is 67.2 Å². The van der Waals surface area contributed by atoms with Gasteiger partial charge >= 0.3 is 6.03 Å². The van der Waals surface area contributed by atoms with Crippen molar-refractivity contribution in [1.29, 1.82) is 0 Å². The van der Waals surface area contributed by atoms with Crippen molar-refractivity contribution in [3.63, 3.8) is 0 Å². The molecule has 70 valence electrons. The molecule has 1 saturated carbocycles. The fourth-order valence-corrected chi connectivity index (χ4v) is 1.73. The Bertz CT molecular complexity index is 196. The predicted molar refractivity (Wildman–Crippen MR) is 47.2 cm³/mol. The number of hydrogen-bond donors (Lipinski definition) is 3. The van der Waals surface area contributed by atoms with E-state index in [1.807, 2.05) is 0 Å². The van der Waals surface area contributed by atoms with Crippen LogP contribution in [0.2, 0.25) is 0 Å². The van der Waals surface area contributed by atoms with E-state index < -0.39 is 0 Å². The Morgan fingerprint density at radius 3 is 1.92 bits per heavy atom. The molecule has 0 saturated heterocycles. The second-order valence-corrected chi connectivity index (χ2v) is 4.49. The molecular formula is C8H17N3O. The molecule has 2 amide bonds. The fourth-order valence-electron chi connectivity index (χ4n) is 1.73. The highest BCUT2D eigenvalue weighted by Gasteiger charge is 2.65. The van der Waals surface area contributed by atoms with E-state index in [1.165, 1.54) is 0 Å². The van der Waals surface area contributed by atoms with Crippen LogP contribution >= 0.6 is 0 Å². The second kappa shape index (κ2) is 2.36. The van der Waals surface area contributed by atoms with Gasteiger partial charge in [-0.25, -0.2) is 10.6 Å². The van der Waals surface area contributed by atoms with E-state index in [0.717, 1.165) is 0 Å². The molecule has 12 heavy (non-hydrogen) atoms. The standard InChI is InChI=1S/C8H17N3O/c1-7(2)5(8(7,3)4)10-6(12)11-9/h5H,9H2,1-4H3,(H2,10,11,12). The van der Waals surface area contributed by atoms with Crippen molar-refractivity contribution >= 4 is 6.03 Å². The molecule has 0 unspecified atom stereocenters. The van der Waals surface area contributed by atoms with Crippen LogP contribution < -0.4 is 16.6 Å². The molecule has 0 aromatic rings. The SMILES string of the molecule is CC1(C)C(NC(=O)NN)C1(C)C. The molecule has 0 aromatic heterocycles. The summed E-state index contributed by atoms with van der Waals surface area (Å²) >= 11 is 0. The number of nitrogens with one attached hydrogen (secondary N) is 2. The quantitative estimate of drug-likeness (QED) is 0.307. The molecule has 0 aliphatic heterocycles. The van der Waals surface area contributed by atoms with Crippen LogP contribution in [0.1, 0.15) is 27.7 Å². The molecule has 4 nitrogen and oxygen atoms in total. The van der Waals surface area contributed by atoms with Gasteiger partial charge in [-0.05, 0) is 10.8 Å². The number of hydrogen-bond acceptors (Lipinski definition) is 2. The highest BCUT2D eigenvalue weighted by Crippen LogP contribution is 2.62. The van der Waals surface area contributed by atoms with Gasteiger partial charge in [-0.3, -0.25) is 5.43 Å². The average molecular weight is 171 g/mol. The van der Waals surface area contributed by atoms with Gasteiger partial charge in [0.25, 0.3) is 0 Å². The van der Waals surface area contributed by atoms with E-state index in [9.17, 15) is 4.79 Å². The zero-order chi connectivity index (χ0) is 9.57. The van der Waals surface area contributed by atoms with E-state index in [4.69, 9.17) is 5.84 Å². The Balaban J connectivity index is 2.54. The van der Waals surface area contributed by atoms with Crippen LogP contribution in [0.25, 0.3) is 0 Å². The molecule has 1 rings (SSSR count). The van der Waals surface area contributed by atoms with Gasteiger partial charge in [0.15, 0.2) is 0 Å². The third-order valence-corrected chi connectivity index (χ3v) is 3.43. The third kappa shape index (κ3) is 1.06. The zero-order valence-corrected chi connectivity index (χ0v) is 8.06. The van der Waals surface area contributed by atoms with Crippen LogP contribution in [0.15, 0.2) is 0 Å². The average Bonchev–Trinajstić information content (AvgIpc) is 2.32. The first kappa shape index (κ1) is 9.32. The maximum atomic E-state index is 10.9. The minimum atomic E-state index is -0.307. The lowest BCUT2D eigenvalue weighted by Gasteiger charge is -2.04. The second-order valence-electron chi connectivity index (χ2n) is 4.49.